The predicted molar refractivity (Wildman–Crippen MR) is 73.8 cm³/mol. The first-order valence-corrected chi connectivity index (χ1v) is 6.86. The minimum Gasteiger partial charge on any atom is -0.468 e. The van der Waals surface area contributed by atoms with Crippen LogP contribution >= 0.6 is 0 Å². The normalized spacial score (nSPS) is 19.9. The highest BCUT2D eigenvalue weighted by atomic mass is 16.3. The molecule has 1 heterocycles. The van der Waals surface area contributed by atoms with Crippen molar-refractivity contribution >= 4 is 0 Å². The lowest BCUT2D eigenvalue weighted by Gasteiger charge is -2.29. The van der Waals surface area contributed by atoms with Crippen molar-refractivity contribution in [1.29, 1.82) is 0 Å². The van der Waals surface area contributed by atoms with Gasteiger partial charge >= 0.3 is 0 Å². The van der Waals surface area contributed by atoms with E-state index in [1.54, 1.807) is 6.26 Å². The molecule has 0 saturated carbocycles. The summed E-state index contributed by atoms with van der Waals surface area (Å²) >= 11 is 0. The molecule has 100 valence electrons. The Kier molecular flexibility index (Phi) is 3.67. The third-order valence-electron chi connectivity index (χ3n) is 3.84. The molecule has 1 aromatic carbocycles. The van der Waals surface area contributed by atoms with Crippen molar-refractivity contribution < 1.29 is 9.52 Å². The van der Waals surface area contributed by atoms with Crippen LogP contribution in [0.2, 0.25) is 0 Å². The molecule has 0 fully saturated rings. The third-order valence-corrected chi connectivity index (χ3v) is 3.84. The molecule has 0 aliphatic heterocycles. The summed E-state index contributed by atoms with van der Waals surface area (Å²) in [6, 6.07) is 12.5. The Bertz CT molecular complexity index is 521. The Morgan fingerprint density at radius 2 is 2.16 bits per heavy atom. The molecular formula is C16H19NO2. The molecule has 19 heavy (non-hydrogen) atoms. The largest absolute Gasteiger partial charge is 0.468 e. The average Bonchev–Trinajstić information content (AvgIpc) is 2.99. The summed E-state index contributed by atoms with van der Waals surface area (Å²) in [4.78, 5) is 0. The Balaban J connectivity index is 1.80. The SMILES string of the molecule is OCC(NC1CCCc2ccccc21)c1ccco1. The number of benzene rings is 1. The number of hydrogen-bond donors (Lipinski definition) is 2. The molecule has 0 radical (unpaired) electrons. The van der Waals surface area contributed by atoms with Gasteiger partial charge in [0.05, 0.1) is 18.9 Å². The van der Waals surface area contributed by atoms with Gasteiger partial charge in [-0.1, -0.05) is 24.3 Å². The second-order valence-corrected chi connectivity index (χ2v) is 5.06. The Labute approximate surface area is 113 Å². The predicted octanol–water partition coefficient (Wildman–Crippen LogP) is 2.98. The van der Waals surface area contributed by atoms with Gasteiger partial charge < -0.3 is 9.52 Å². The highest BCUT2D eigenvalue weighted by molar-refractivity contribution is 5.32. The first-order chi connectivity index (χ1) is 9.38. The summed E-state index contributed by atoms with van der Waals surface area (Å²) in [5, 5.41) is 13.1. The Hall–Kier alpha value is -1.58. The van der Waals surface area contributed by atoms with Crippen molar-refractivity contribution in [2.45, 2.75) is 31.3 Å². The lowest BCUT2D eigenvalue weighted by molar-refractivity contribution is 0.210. The van der Waals surface area contributed by atoms with Gasteiger partial charge in [0.2, 0.25) is 0 Å². The molecule has 2 atom stereocenters. The van der Waals surface area contributed by atoms with Gasteiger partial charge in [0, 0.05) is 6.04 Å². The summed E-state index contributed by atoms with van der Waals surface area (Å²) < 4.78 is 5.39. The van der Waals surface area contributed by atoms with Gasteiger partial charge in [0.1, 0.15) is 5.76 Å². The molecule has 3 nitrogen and oxygen atoms in total. The quantitative estimate of drug-likeness (QED) is 0.885. The molecule has 1 aliphatic carbocycles. The molecule has 3 heteroatoms. The van der Waals surface area contributed by atoms with Crippen LogP contribution in [0.25, 0.3) is 0 Å². The molecule has 3 rings (SSSR count). The summed E-state index contributed by atoms with van der Waals surface area (Å²) in [5.41, 5.74) is 2.78. The third kappa shape index (κ3) is 2.57. The molecule has 2 unspecified atom stereocenters. The molecule has 0 saturated heterocycles. The fourth-order valence-corrected chi connectivity index (χ4v) is 2.88. The van der Waals surface area contributed by atoms with Crippen LogP contribution in [0.5, 0.6) is 0 Å². The number of hydrogen-bond acceptors (Lipinski definition) is 3. The molecule has 1 aliphatic rings. The van der Waals surface area contributed by atoms with E-state index in [0.29, 0.717) is 6.04 Å². The molecule has 1 aromatic heterocycles. The van der Waals surface area contributed by atoms with Gasteiger partial charge in [0.25, 0.3) is 0 Å². The second kappa shape index (κ2) is 5.59. The topological polar surface area (TPSA) is 45.4 Å². The summed E-state index contributed by atoms with van der Waals surface area (Å²) in [6.45, 7) is 0.0478. The van der Waals surface area contributed by atoms with Gasteiger partial charge in [0.15, 0.2) is 0 Å². The van der Waals surface area contributed by atoms with Crippen LogP contribution in [0.4, 0.5) is 0 Å². The minimum absolute atomic E-state index is 0.0478. The number of aryl methyl sites for hydroxylation is 1. The van der Waals surface area contributed by atoms with Crippen LogP contribution in [0.1, 0.15) is 41.8 Å². The zero-order valence-electron chi connectivity index (χ0n) is 10.9. The van der Waals surface area contributed by atoms with Crippen molar-refractivity contribution in [3.8, 4) is 0 Å². The number of aliphatic hydroxyl groups excluding tert-OH is 1. The molecule has 2 aromatic rings. The molecule has 0 bridgehead atoms. The lowest BCUT2D eigenvalue weighted by atomic mass is 9.87. The van der Waals surface area contributed by atoms with Crippen LogP contribution in [-0.4, -0.2) is 11.7 Å². The van der Waals surface area contributed by atoms with Crippen LogP contribution in [0.15, 0.2) is 47.1 Å². The second-order valence-electron chi connectivity index (χ2n) is 5.06. The van der Waals surface area contributed by atoms with E-state index in [4.69, 9.17) is 4.42 Å². The molecule has 0 amide bonds. The van der Waals surface area contributed by atoms with Gasteiger partial charge in [-0.15, -0.1) is 0 Å². The van der Waals surface area contributed by atoms with E-state index in [0.717, 1.165) is 18.6 Å². The highest BCUT2D eigenvalue weighted by Crippen LogP contribution is 2.31. The van der Waals surface area contributed by atoms with Crippen molar-refractivity contribution in [2.24, 2.45) is 0 Å². The van der Waals surface area contributed by atoms with Crippen LogP contribution in [-0.2, 0) is 6.42 Å². The summed E-state index contributed by atoms with van der Waals surface area (Å²) in [5.74, 6) is 0.797. The lowest BCUT2D eigenvalue weighted by Crippen LogP contribution is -2.31. The summed E-state index contributed by atoms with van der Waals surface area (Å²) in [7, 11) is 0. The standard InChI is InChI=1S/C16H19NO2/c18-11-15(16-9-4-10-19-16)17-14-8-3-6-12-5-1-2-7-13(12)14/h1-2,4-5,7,9-10,14-15,17-18H,3,6,8,11H2. The first kappa shape index (κ1) is 12.5. The number of aliphatic hydroxyl groups is 1. The molecular weight excluding hydrogens is 238 g/mol. The number of fused-ring (bicyclic) bond motifs is 1. The monoisotopic (exact) mass is 257 g/mol. The van der Waals surface area contributed by atoms with E-state index < -0.39 is 0 Å². The highest BCUT2D eigenvalue weighted by Gasteiger charge is 2.23. The van der Waals surface area contributed by atoms with Crippen molar-refractivity contribution in [2.75, 3.05) is 6.61 Å². The maximum atomic E-state index is 9.55. The number of rotatable bonds is 4. The maximum absolute atomic E-state index is 9.55. The summed E-state index contributed by atoms with van der Waals surface area (Å²) in [6.07, 6.45) is 5.09. The van der Waals surface area contributed by atoms with Crippen molar-refractivity contribution in [3.05, 3.63) is 59.5 Å². The number of furan rings is 1. The Morgan fingerprint density at radius 3 is 2.95 bits per heavy atom. The molecule has 2 N–H and O–H groups in total. The van der Waals surface area contributed by atoms with E-state index in [2.05, 4.69) is 29.6 Å². The van der Waals surface area contributed by atoms with Gasteiger partial charge in [-0.25, -0.2) is 0 Å². The fraction of sp³-hybridized carbons (Fsp3) is 0.375. The van der Waals surface area contributed by atoms with Crippen molar-refractivity contribution in [3.63, 3.8) is 0 Å². The zero-order chi connectivity index (χ0) is 13.1. The van der Waals surface area contributed by atoms with E-state index in [9.17, 15) is 5.11 Å². The van der Waals surface area contributed by atoms with E-state index >= 15 is 0 Å². The van der Waals surface area contributed by atoms with Gasteiger partial charge in [-0.3, -0.25) is 5.32 Å². The van der Waals surface area contributed by atoms with Crippen molar-refractivity contribution in [1.82, 2.24) is 5.32 Å². The number of nitrogens with one attached hydrogen (secondary N) is 1. The van der Waals surface area contributed by atoms with E-state index in [1.807, 2.05) is 12.1 Å². The van der Waals surface area contributed by atoms with Gasteiger partial charge in [-0.05, 0) is 42.5 Å². The maximum Gasteiger partial charge on any atom is 0.123 e. The van der Waals surface area contributed by atoms with Crippen LogP contribution in [0.3, 0.4) is 0 Å². The molecule has 0 spiro atoms. The van der Waals surface area contributed by atoms with E-state index in [1.165, 1.54) is 17.5 Å². The fourth-order valence-electron chi connectivity index (χ4n) is 2.88. The van der Waals surface area contributed by atoms with Crippen LogP contribution < -0.4 is 5.32 Å². The van der Waals surface area contributed by atoms with Gasteiger partial charge in [-0.2, -0.15) is 0 Å². The minimum atomic E-state index is -0.133. The van der Waals surface area contributed by atoms with E-state index in [-0.39, 0.29) is 12.6 Å². The first-order valence-electron chi connectivity index (χ1n) is 6.86. The zero-order valence-corrected chi connectivity index (χ0v) is 10.9. The average molecular weight is 257 g/mol. The Morgan fingerprint density at radius 1 is 1.26 bits per heavy atom. The van der Waals surface area contributed by atoms with Crippen LogP contribution in [0, 0.1) is 0 Å². The smallest absolute Gasteiger partial charge is 0.123 e.